The Bertz CT molecular complexity index is 409. The molecule has 1 unspecified atom stereocenters. The number of rotatable bonds is 4. The van der Waals surface area contributed by atoms with Crippen molar-refractivity contribution in [1.29, 1.82) is 0 Å². The van der Waals surface area contributed by atoms with Crippen molar-refractivity contribution in [2.75, 3.05) is 14.2 Å². The van der Waals surface area contributed by atoms with Gasteiger partial charge in [-0.2, -0.15) is 0 Å². The minimum Gasteiger partial charge on any atom is -0.497 e. The van der Waals surface area contributed by atoms with E-state index in [1.807, 2.05) is 36.2 Å². The molecule has 3 nitrogen and oxygen atoms in total. The monoisotopic (exact) mass is 247 g/mol. The standard InChI is InChI=1S/C15H21NO2/c1-11(12-7-9-14(18-3)10-8-12)16(2)15(17)13-5-4-6-13/h7-11,13H,4-6H2,1-3H3. The molecule has 0 radical (unpaired) electrons. The number of methoxy groups -OCH3 is 1. The van der Waals surface area contributed by atoms with Crippen LogP contribution in [0.2, 0.25) is 0 Å². The summed E-state index contributed by atoms with van der Waals surface area (Å²) >= 11 is 0. The maximum atomic E-state index is 12.2. The molecule has 2 rings (SSSR count). The van der Waals surface area contributed by atoms with Crippen molar-refractivity contribution in [1.82, 2.24) is 4.90 Å². The summed E-state index contributed by atoms with van der Waals surface area (Å²) < 4.78 is 5.14. The molecule has 1 aromatic rings. The second kappa shape index (κ2) is 5.42. The highest BCUT2D eigenvalue weighted by Crippen LogP contribution is 2.31. The number of amides is 1. The summed E-state index contributed by atoms with van der Waals surface area (Å²) in [7, 11) is 3.56. The molecule has 0 heterocycles. The summed E-state index contributed by atoms with van der Waals surface area (Å²) in [6, 6.07) is 8.03. The Balaban J connectivity index is 2.04. The smallest absolute Gasteiger partial charge is 0.225 e. The molecule has 0 bridgehead atoms. The highest BCUT2D eigenvalue weighted by Gasteiger charge is 2.29. The minimum atomic E-state index is 0.115. The summed E-state index contributed by atoms with van der Waals surface area (Å²) in [5, 5.41) is 0. The van der Waals surface area contributed by atoms with Gasteiger partial charge in [0, 0.05) is 13.0 Å². The third kappa shape index (κ3) is 2.50. The van der Waals surface area contributed by atoms with E-state index in [0.29, 0.717) is 0 Å². The first-order chi connectivity index (χ1) is 8.63. The topological polar surface area (TPSA) is 29.5 Å². The van der Waals surface area contributed by atoms with Gasteiger partial charge in [0.15, 0.2) is 0 Å². The minimum absolute atomic E-state index is 0.115. The van der Waals surface area contributed by atoms with Gasteiger partial charge in [0.2, 0.25) is 5.91 Å². The Morgan fingerprint density at radius 2 is 1.94 bits per heavy atom. The number of carbonyl (C=O) groups excluding carboxylic acids is 1. The van der Waals surface area contributed by atoms with Gasteiger partial charge in [0.05, 0.1) is 13.2 Å². The van der Waals surface area contributed by atoms with Gasteiger partial charge in [0.25, 0.3) is 0 Å². The lowest BCUT2D eigenvalue weighted by atomic mass is 9.84. The Labute approximate surface area is 109 Å². The number of ether oxygens (including phenoxy) is 1. The van der Waals surface area contributed by atoms with Crippen molar-refractivity contribution >= 4 is 5.91 Å². The highest BCUT2D eigenvalue weighted by atomic mass is 16.5. The maximum Gasteiger partial charge on any atom is 0.225 e. The zero-order chi connectivity index (χ0) is 13.1. The van der Waals surface area contributed by atoms with Crippen molar-refractivity contribution in [3.05, 3.63) is 29.8 Å². The Hall–Kier alpha value is -1.51. The van der Waals surface area contributed by atoms with Crippen LogP contribution in [-0.2, 0) is 4.79 Å². The molecule has 1 aliphatic rings. The fraction of sp³-hybridized carbons (Fsp3) is 0.533. The molecular formula is C15H21NO2. The summed E-state index contributed by atoms with van der Waals surface area (Å²) in [6.45, 7) is 2.07. The van der Waals surface area contributed by atoms with Crippen LogP contribution in [0.5, 0.6) is 5.75 Å². The zero-order valence-electron chi connectivity index (χ0n) is 11.3. The lowest BCUT2D eigenvalue weighted by Crippen LogP contribution is -2.37. The van der Waals surface area contributed by atoms with Crippen molar-refractivity contribution in [3.63, 3.8) is 0 Å². The molecule has 1 amide bonds. The quantitative estimate of drug-likeness (QED) is 0.818. The van der Waals surface area contributed by atoms with E-state index >= 15 is 0 Å². The van der Waals surface area contributed by atoms with Gasteiger partial charge in [-0.1, -0.05) is 18.6 Å². The lowest BCUT2D eigenvalue weighted by Gasteiger charge is -2.33. The average Bonchev–Trinajstić information content (AvgIpc) is 2.35. The number of nitrogens with zero attached hydrogens (tertiary/aromatic N) is 1. The molecule has 0 aromatic heterocycles. The van der Waals surface area contributed by atoms with Crippen molar-refractivity contribution < 1.29 is 9.53 Å². The molecule has 18 heavy (non-hydrogen) atoms. The summed E-state index contributed by atoms with van der Waals surface area (Å²) in [5.74, 6) is 1.39. The first-order valence-electron chi connectivity index (χ1n) is 6.54. The largest absolute Gasteiger partial charge is 0.497 e. The molecule has 0 spiro atoms. The highest BCUT2D eigenvalue weighted by molar-refractivity contribution is 5.79. The summed E-state index contributed by atoms with van der Waals surface area (Å²) in [6.07, 6.45) is 3.30. The SMILES string of the molecule is COc1ccc(C(C)N(C)C(=O)C2CCC2)cc1. The molecule has 1 atom stereocenters. The molecule has 1 fully saturated rings. The van der Waals surface area contributed by atoms with Crippen LogP contribution in [0.25, 0.3) is 0 Å². The Morgan fingerprint density at radius 1 is 1.33 bits per heavy atom. The molecule has 98 valence electrons. The van der Waals surface area contributed by atoms with Gasteiger partial charge < -0.3 is 9.64 Å². The molecule has 1 saturated carbocycles. The van der Waals surface area contributed by atoms with Gasteiger partial charge in [-0.15, -0.1) is 0 Å². The molecule has 0 aliphatic heterocycles. The predicted molar refractivity (Wildman–Crippen MR) is 71.5 cm³/mol. The van der Waals surface area contributed by atoms with E-state index in [1.54, 1.807) is 7.11 Å². The van der Waals surface area contributed by atoms with E-state index in [4.69, 9.17) is 4.74 Å². The number of hydrogen-bond donors (Lipinski definition) is 0. The first kappa shape index (κ1) is 12.9. The Morgan fingerprint density at radius 3 is 2.39 bits per heavy atom. The second-order valence-corrected chi connectivity index (χ2v) is 5.03. The van der Waals surface area contributed by atoms with Crippen molar-refractivity contribution in [2.24, 2.45) is 5.92 Å². The fourth-order valence-corrected chi connectivity index (χ4v) is 2.24. The molecule has 1 aliphatic carbocycles. The molecular weight excluding hydrogens is 226 g/mol. The fourth-order valence-electron chi connectivity index (χ4n) is 2.24. The predicted octanol–water partition coefficient (Wildman–Crippen LogP) is 3.01. The van der Waals surface area contributed by atoms with E-state index in [0.717, 1.165) is 24.2 Å². The van der Waals surface area contributed by atoms with Crippen LogP contribution in [0.3, 0.4) is 0 Å². The molecule has 1 aromatic carbocycles. The third-order valence-electron chi connectivity index (χ3n) is 3.98. The van der Waals surface area contributed by atoms with Crippen LogP contribution >= 0.6 is 0 Å². The van der Waals surface area contributed by atoms with Gasteiger partial charge in [-0.05, 0) is 37.5 Å². The van der Waals surface area contributed by atoms with Crippen LogP contribution < -0.4 is 4.74 Å². The third-order valence-corrected chi connectivity index (χ3v) is 3.98. The van der Waals surface area contributed by atoms with E-state index < -0.39 is 0 Å². The Kier molecular flexibility index (Phi) is 3.90. The van der Waals surface area contributed by atoms with E-state index in [9.17, 15) is 4.79 Å². The van der Waals surface area contributed by atoms with Crippen LogP contribution in [-0.4, -0.2) is 25.0 Å². The summed E-state index contributed by atoms with van der Waals surface area (Å²) in [5.41, 5.74) is 1.14. The lowest BCUT2D eigenvalue weighted by molar-refractivity contribution is -0.138. The van der Waals surface area contributed by atoms with E-state index in [1.165, 1.54) is 6.42 Å². The summed E-state index contributed by atoms with van der Waals surface area (Å²) in [4.78, 5) is 14.0. The number of carbonyl (C=O) groups is 1. The maximum absolute atomic E-state index is 12.2. The van der Waals surface area contributed by atoms with Gasteiger partial charge in [-0.3, -0.25) is 4.79 Å². The number of benzene rings is 1. The van der Waals surface area contributed by atoms with Gasteiger partial charge in [-0.25, -0.2) is 0 Å². The van der Waals surface area contributed by atoms with Crippen LogP contribution in [0.4, 0.5) is 0 Å². The van der Waals surface area contributed by atoms with Gasteiger partial charge in [0.1, 0.15) is 5.75 Å². The van der Waals surface area contributed by atoms with Gasteiger partial charge >= 0.3 is 0 Å². The van der Waals surface area contributed by atoms with Crippen LogP contribution in [0.15, 0.2) is 24.3 Å². The first-order valence-corrected chi connectivity index (χ1v) is 6.54. The molecule has 0 N–H and O–H groups in total. The number of hydrogen-bond acceptors (Lipinski definition) is 2. The van der Waals surface area contributed by atoms with E-state index in [-0.39, 0.29) is 17.9 Å². The van der Waals surface area contributed by atoms with Crippen molar-refractivity contribution in [2.45, 2.75) is 32.2 Å². The molecule has 3 heteroatoms. The molecule has 0 saturated heterocycles. The second-order valence-electron chi connectivity index (χ2n) is 5.03. The normalized spacial score (nSPS) is 16.8. The van der Waals surface area contributed by atoms with Crippen LogP contribution in [0, 0.1) is 5.92 Å². The zero-order valence-corrected chi connectivity index (χ0v) is 11.3. The van der Waals surface area contributed by atoms with E-state index in [2.05, 4.69) is 6.92 Å². The van der Waals surface area contributed by atoms with Crippen molar-refractivity contribution in [3.8, 4) is 5.75 Å². The average molecular weight is 247 g/mol. The van der Waals surface area contributed by atoms with Crippen LogP contribution in [0.1, 0.15) is 37.8 Å².